The van der Waals surface area contributed by atoms with E-state index in [2.05, 4.69) is 46.0 Å². The Morgan fingerprint density at radius 3 is 1.62 bits per heavy atom. The van der Waals surface area contributed by atoms with Crippen molar-refractivity contribution < 1.29 is 0 Å². The zero-order valence-electron chi connectivity index (χ0n) is 25.0. The SMILES string of the molecule is N#Cc1c2ccccc2c(-c2cccc(-c3cccc(-c4cccc(-n5c6ccccc6c6ncccc65)n4)n3)n2)c2ccccc12. The van der Waals surface area contributed by atoms with Crippen LogP contribution in [0.2, 0.25) is 0 Å². The van der Waals surface area contributed by atoms with Crippen molar-refractivity contribution in [1.29, 1.82) is 5.26 Å². The molecule has 0 radical (unpaired) electrons. The lowest BCUT2D eigenvalue weighted by molar-refractivity contribution is 1.07. The number of para-hydroxylation sites is 1. The largest absolute Gasteiger partial charge is 0.292 e. The second-order valence-electron chi connectivity index (χ2n) is 11.4. The first-order chi connectivity index (χ1) is 23.3. The van der Waals surface area contributed by atoms with E-state index in [0.717, 1.165) is 83.3 Å². The molecule has 47 heavy (non-hydrogen) atoms. The Morgan fingerprint density at radius 2 is 0.957 bits per heavy atom. The molecule has 6 heteroatoms. The molecule has 4 aromatic carbocycles. The molecule has 0 bridgehead atoms. The number of pyridine rings is 4. The summed E-state index contributed by atoms with van der Waals surface area (Å²) in [6.07, 6.45) is 1.83. The Labute approximate surface area is 269 Å². The van der Waals surface area contributed by atoms with Gasteiger partial charge in [0, 0.05) is 27.9 Å². The lowest BCUT2D eigenvalue weighted by Crippen LogP contribution is -1.99. The Hall–Kier alpha value is -6.71. The number of nitriles is 1. The van der Waals surface area contributed by atoms with Crippen LogP contribution >= 0.6 is 0 Å². The Bertz CT molecular complexity index is 2610. The topological polar surface area (TPSA) is 80.3 Å². The van der Waals surface area contributed by atoms with Gasteiger partial charge in [0.25, 0.3) is 0 Å². The van der Waals surface area contributed by atoms with E-state index < -0.39 is 0 Å². The van der Waals surface area contributed by atoms with Gasteiger partial charge in [0.1, 0.15) is 11.9 Å². The van der Waals surface area contributed by atoms with Gasteiger partial charge in [-0.3, -0.25) is 9.55 Å². The second kappa shape index (κ2) is 10.7. The van der Waals surface area contributed by atoms with E-state index >= 15 is 0 Å². The summed E-state index contributed by atoms with van der Waals surface area (Å²) >= 11 is 0. The summed E-state index contributed by atoms with van der Waals surface area (Å²) < 4.78 is 2.16. The predicted octanol–water partition coefficient (Wildman–Crippen LogP) is 9.54. The molecule has 0 aliphatic rings. The van der Waals surface area contributed by atoms with Gasteiger partial charge in [-0.05, 0) is 65.4 Å². The standard InChI is InChI=1S/C41H24N6/c42-25-31-26-11-1-3-13-28(26)40(29-14-4-2-12-27(29)31)36-20-8-18-33(45-36)32-16-7-17-34(44-32)35-19-9-23-39(46-35)47-37-21-6-5-15-30(37)41-38(47)22-10-24-43-41/h1-24H. The van der Waals surface area contributed by atoms with Crippen LogP contribution in [-0.2, 0) is 0 Å². The van der Waals surface area contributed by atoms with E-state index in [1.165, 1.54) is 0 Å². The van der Waals surface area contributed by atoms with Gasteiger partial charge in [-0.2, -0.15) is 5.26 Å². The minimum Gasteiger partial charge on any atom is -0.292 e. The number of hydrogen-bond acceptors (Lipinski definition) is 5. The van der Waals surface area contributed by atoms with Crippen LogP contribution in [0.15, 0.2) is 146 Å². The summed E-state index contributed by atoms with van der Waals surface area (Å²) in [5.74, 6) is 0.800. The third-order valence-electron chi connectivity index (χ3n) is 8.71. The Kier molecular flexibility index (Phi) is 6.09. The maximum absolute atomic E-state index is 10.1. The monoisotopic (exact) mass is 600 g/mol. The molecular weight excluding hydrogens is 576 g/mol. The third-order valence-corrected chi connectivity index (χ3v) is 8.71. The van der Waals surface area contributed by atoms with Crippen molar-refractivity contribution >= 4 is 43.5 Å². The van der Waals surface area contributed by atoms with Crippen molar-refractivity contribution in [3.63, 3.8) is 0 Å². The van der Waals surface area contributed by atoms with E-state index in [9.17, 15) is 5.26 Å². The zero-order valence-corrected chi connectivity index (χ0v) is 25.0. The lowest BCUT2D eigenvalue weighted by Gasteiger charge is -2.14. The average Bonchev–Trinajstić information content (AvgIpc) is 3.48. The van der Waals surface area contributed by atoms with Crippen molar-refractivity contribution in [1.82, 2.24) is 24.5 Å². The number of aromatic nitrogens is 5. The van der Waals surface area contributed by atoms with Gasteiger partial charge >= 0.3 is 0 Å². The highest BCUT2D eigenvalue weighted by Gasteiger charge is 2.17. The van der Waals surface area contributed by atoms with Gasteiger partial charge in [-0.1, -0.05) is 84.9 Å². The van der Waals surface area contributed by atoms with Crippen molar-refractivity contribution in [2.24, 2.45) is 0 Å². The molecule has 0 aliphatic heterocycles. The predicted molar refractivity (Wildman–Crippen MR) is 188 cm³/mol. The van der Waals surface area contributed by atoms with Crippen LogP contribution in [0, 0.1) is 11.3 Å². The molecule has 0 saturated carbocycles. The molecule has 0 aliphatic carbocycles. The number of benzene rings is 4. The highest BCUT2D eigenvalue weighted by molar-refractivity contribution is 6.15. The number of fused-ring (bicyclic) bond motifs is 5. The summed E-state index contributed by atoms with van der Waals surface area (Å²) in [6.45, 7) is 0. The van der Waals surface area contributed by atoms with Crippen molar-refractivity contribution in [3.8, 4) is 45.9 Å². The van der Waals surface area contributed by atoms with Gasteiger partial charge in [-0.15, -0.1) is 0 Å². The normalized spacial score (nSPS) is 11.4. The van der Waals surface area contributed by atoms with Crippen LogP contribution in [0.5, 0.6) is 0 Å². The molecule has 0 atom stereocenters. The molecule has 5 heterocycles. The fourth-order valence-electron chi connectivity index (χ4n) is 6.68. The summed E-state index contributed by atoms with van der Waals surface area (Å²) in [7, 11) is 0. The number of rotatable bonds is 4. The molecule has 9 rings (SSSR count). The van der Waals surface area contributed by atoms with Crippen LogP contribution in [0.25, 0.3) is 83.3 Å². The summed E-state index contributed by atoms with van der Waals surface area (Å²) in [5, 5.41) is 15.0. The fraction of sp³-hybridized carbons (Fsp3) is 0. The summed E-state index contributed by atoms with van der Waals surface area (Å²) in [6, 6.07) is 48.9. The maximum atomic E-state index is 10.1. The molecule has 9 aromatic rings. The Balaban J connectivity index is 1.17. The minimum absolute atomic E-state index is 0.678. The minimum atomic E-state index is 0.678. The van der Waals surface area contributed by atoms with Gasteiger partial charge in [0.05, 0.1) is 50.6 Å². The molecule has 0 spiro atoms. The fourth-order valence-corrected chi connectivity index (χ4v) is 6.68. The summed E-state index contributed by atoms with van der Waals surface area (Å²) in [4.78, 5) is 20.0. The second-order valence-corrected chi connectivity index (χ2v) is 11.4. The van der Waals surface area contributed by atoms with Crippen molar-refractivity contribution in [2.75, 3.05) is 0 Å². The van der Waals surface area contributed by atoms with E-state index in [-0.39, 0.29) is 0 Å². The first-order valence-electron chi connectivity index (χ1n) is 15.4. The van der Waals surface area contributed by atoms with Gasteiger partial charge in [0.2, 0.25) is 0 Å². The van der Waals surface area contributed by atoms with Crippen LogP contribution < -0.4 is 0 Å². The quantitative estimate of drug-likeness (QED) is 0.188. The first kappa shape index (κ1) is 26.7. The van der Waals surface area contributed by atoms with Gasteiger partial charge in [0.15, 0.2) is 0 Å². The molecule has 6 nitrogen and oxygen atoms in total. The summed E-state index contributed by atoms with van der Waals surface area (Å²) in [5.41, 5.74) is 8.53. The number of hydrogen-bond donors (Lipinski definition) is 0. The van der Waals surface area contributed by atoms with E-state index in [1.807, 2.05) is 115 Å². The molecule has 218 valence electrons. The highest BCUT2D eigenvalue weighted by Crippen LogP contribution is 2.39. The smallest absolute Gasteiger partial charge is 0.138 e. The van der Waals surface area contributed by atoms with E-state index in [0.29, 0.717) is 5.56 Å². The Morgan fingerprint density at radius 1 is 0.447 bits per heavy atom. The maximum Gasteiger partial charge on any atom is 0.138 e. The molecule has 0 unspecified atom stereocenters. The number of nitrogens with zero attached hydrogens (tertiary/aromatic N) is 6. The van der Waals surface area contributed by atoms with E-state index in [1.54, 1.807) is 0 Å². The highest BCUT2D eigenvalue weighted by atomic mass is 15.1. The molecule has 0 N–H and O–H groups in total. The van der Waals surface area contributed by atoms with Crippen molar-refractivity contribution in [3.05, 3.63) is 151 Å². The molecule has 0 saturated heterocycles. The van der Waals surface area contributed by atoms with Gasteiger partial charge < -0.3 is 0 Å². The van der Waals surface area contributed by atoms with Gasteiger partial charge in [-0.25, -0.2) is 15.0 Å². The van der Waals surface area contributed by atoms with Crippen LogP contribution in [0.3, 0.4) is 0 Å². The molecule has 0 fully saturated rings. The molecule has 0 amide bonds. The molecule has 5 aromatic heterocycles. The van der Waals surface area contributed by atoms with Crippen molar-refractivity contribution in [2.45, 2.75) is 0 Å². The average molecular weight is 601 g/mol. The third kappa shape index (κ3) is 4.26. The van der Waals surface area contributed by atoms with E-state index in [4.69, 9.17) is 15.0 Å². The zero-order chi connectivity index (χ0) is 31.3. The van der Waals surface area contributed by atoms with Crippen LogP contribution in [-0.4, -0.2) is 24.5 Å². The lowest BCUT2D eigenvalue weighted by atomic mass is 9.90. The van der Waals surface area contributed by atoms with Crippen LogP contribution in [0.1, 0.15) is 5.56 Å². The van der Waals surface area contributed by atoms with Crippen LogP contribution in [0.4, 0.5) is 0 Å². The molecular formula is C41H24N6. The first-order valence-corrected chi connectivity index (χ1v) is 15.4.